The monoisotopic (exact) mass is 358 g/mol. The number of fused-ring (bicyclic) bond motifs is 1. The molecule has 4 rings (SSSR count). The van der Waals surface area contributed by atoms with E-state index in [1.807, 2.05) is 4.90 Å². The summed E-state index contributed by atoms with van der Waals surface area (Å²) in [6.45, 7) is 9.78. The number of hydrogen-bond acceptors (Lipinski definition) is 4. The number of aromatic nitrogens is 2. The van der Waals surface area contributed by atoms with Crippen molar-refractivity contribution in [1.82, 2.24) is 19.8 Å². The van der Waals surface area contributed by atoms with Gasteiger partial charge in [-0.2, -0.15) is 0 Å². The zero-order valence-corrected chi connectivity index (χ0v) is 16.1. The quantitative estimate of drug-likeness (QED) is 0.896. The number of H-pyrrole nitrogens is 1. The van der Waals surface area contributed by atoms with Crippen LogP contribution in [0.15, 0.2) is 4.79 Å². The van der Waals surface area contributed by atoms with Crippen LogP contribution in [-0.2, 0) is 17.8 Å². The number of hydrogen-bond donors (Lipinski definition) is 1. The van der Waals surface area contributed by atoms with E-state index < -0.39 is 0 Å². The minimum Gasteiger partial charge on any atom is -0.342 e. The third-order valence-corrected chi connectivity index (χ3v) is 6.47. The Morgan fingerprint density at radius 1 is 1.23 bits per heavy atom. The van der Waals surface area contributed by atoms with Gasteiger partial charge in [0.2, 0.25) is 5.91 Å². The van der Waals surface area contributed by atoms with Crippen molar-refractivity contribution in [3.63, 3.8) is 0 Å². The van der Waals surface area contributed by atoms with Crippen molar-refractivity contribution in [2.45, 2.75) is 65.0 Å². The number of amides is 1. The number of nitrogens with zero attached hydrogens (tertiary/aromatic N) is 3. The smallest absolute Gasteiger partial charge is 0.254 e. The molecule has 6 nitrogen and oxygen atoms in total. The molecule has 26 heavy (non-hydrogen) atoms. The van der Waals surface area contributed by atoms with E-state index in [0.29, 0.717) is 17.9 Å². The number of nitrogens with one attached hydrogen (secondary N) is 1. The summed E-state index contributed by atoms with van der Waals surface area (Å²) in [6, 6.07) is 0.465. The molecule has 142 valence electrons. The van der Waals surface area contributed by atoms with Gasteiger partial charge in [-0.15, -0.1) is 0 Å². The predicted molar refractivity (Wildman–Crippen MR) is 99.9 cm³/mol. The molecule has 0 bridgehead atoms. The Morgan fingerprint density at radius 2 is 1.92 bits per heavy atom. The maximum Gasteiger partial charge on any atom is 0.254 e. The first-order chi connectivity index (χ1) is 12.4. The topological polar surface area (TPSA) is 69.3 Å². The van der Waals surface area contributed by atoms with E-state index in [-0.39, 0.29) is 17.4 Å². The molecular weight excluding hydrogens is 328 g/mol. The lowest BCUT2D eigenvalue weighted by molar-refractivity contribution is -0.133. The van der Waals surface area contributed by atoms with E-state index in [2.05, 4.69) is 30.7 Å². The molecule has 2 fully saturated rings. The number of piperidine rings is 1. The molecule has 0 unspecified atom stereocenters. The molecule has 3 aliphatic rings. The molecule has 2 aliphatic heterocycles. The SMILES string of the molecule is CC(C)N1CCc2c(nc(C3CCN(C(=O)[C@@H]4C[C@H]4C)CC3)[nH]c2=O)C1. The lowest BCUT2D eigenvalue weighted by atomic mass is 9.95. The van der Waals surface area contributed by atoms with Crippen LogP contribution in [-0.4, -0.2) is 51.4 Å². The van der Waals surface area contributed by atoms with Crippen molar-refractivity contribution in [2.75, 3.05) is 19.6 Å². The average molecular weight is 358 g/mol. The Bertz CT molecular complexity index is 749. The highest BCUT2D eigenvalue weighted by Crippen LogP contribution is 2.40. The number of rotatable bonds is 3. The van der Waals surface area contributed by atoms with Crippen LogP contribution in [0.2, 0.25) is 0 Å². The van der Waals surface area contributed by atoms with Gasteiger partial charge in [0, 0.05) is 49.6 Å². The maximum absolute atomic E-state index is 12.5. The third-order valence-electron chi connectivity index (χ3n) is 6.47. The van der Waals surface area contributed by atoms with Gasteiger partial charge in [0.05, 0.1) is 5.69 Å². The van der Waals surface area contributed by atoms with Crippen LogP contribution in [0.4, 0.5) is 0 Å². The first-order valence-electron chi connectivity index (χ1n) is 10.1. The molecule has 1 aliphatic carbocycles. The first kappa shape index (κ1) is 17.7. The fourth-order valence-corrected chi connectivity index (χ4v) is 4.39. The van der Waals surface area contributed by atoms with Crippen LogP contribution in [0.1, 0.15) is 63.0 Å². The largest absolute Gasteiger partial charge is 0.342 e. The Morgan fingerprint density at radius 3 is 2.54 bits per heavy atom. The summed E-state index contributed by atoms with van der Waals surface area (Å²) in [5.74, 6) is 2.22. The molecule has 1 saturated heterocycles. The number of carbonyl (C=O) groups is 1. The molecule has 6 heteroatoms. The van der Waals surface area contributed by atoms with Crippen LogP contribution < -0.4 is 5.56 Å². The van der Waals surface area contributed by atoms with Crippen LogP contribution in [0.25, 0.3) is 0 Å². The van der Waals surface area contributed by atoms with Gasteiger partial charge in [-0.1, -0.05) is 6.92 Å². The summed E-state index contributed by atoms with van der Waals surface area (Å²) in [4.78, 5) is 37.2. The zero-order chi connectivity index (χ0) is 18.4. The number of aromatic amines is 1. The molecular formula is C20H30N4O2. The second kappa shape index (κ2) is 6.80. The van der Waals surface area contributed by atoms with Crippen molar-refractivity contribution < 1.29 is 4.79 Å². The summed E-state index contributed by atoms with van der Waals surface area (Å²) < 4.78 is 0. The van der Waals surface area contributed by atoms with Crippen molar-refractivity contribution in [2.24, 2.45) is 11.8 Å². The van der Waals surface area contributed by atoms with Gasteiger partial charge < -0.3 is 9.88 Å². The van der Waals surface area contributed by atoms with E-state index in [1.54, 1.807) is 0 Å². The highest BCUT2D eigenvalue weighted by Gasteiger charge is 2.42. The predicted octanol–water partition coefficient (Wildman–Crippen LogP) is 1.90. The third kappa shape index (κ3) is 3.31. The van der Waals surface area contributed by atoms with Crippen molar-refractivity contribution >= 4 is 5.91 Å². The Labute approximate surface area is 155 Å². The van der Waals surface area contributed by atoms with Crippen LogP contribution >= 0.6 is 0 Å². The van der Waals surface area contributed by atoms with Crippen molar-refractivity contribution in [3.05, 3.63) is 27.4 Å². The summed E-state index contributed by atoms with van der Waals surface area (Å²) in [5, 5.41) is 0. The van der Waals surface area contributed by atoms with Crippen LogP contribution in [0.3, 0.4) is 0 Å². The van der Waals surface area contributed by atoms with Gasteiger partial charge in [-0.3, -0.25) is 14.5 Å². The fraction of sp³-hybridized carbons (Fsp3) is 0.750. The number of carbonyl (C=O) groups excluding carboxylic acids is 1. The first-order valence-corrected chi connectivity index (χ1v) is 10.1. The van der Waals surface area contributed by atoms with Gasteiger partial charge in [0.15, 0.2) is 0 Å². The minimum absolute atomic E-state index is 0.0405. The average Bonchev–Trinajstić information content (AvgIpc) is 3.37. The molecule has 1 amide bonds. The summed E-state index contributed by atoms with van der Waals surface area (Å²) >= 11 is 0. The molecule has 2 atom stereocenters. The standard InChI is InChI=1S/C20H30N4O2/c1-12(2)24-9-6-15-17(11-24)21-18(22-19(15)25)14-4-7-23(8-5-14)20(26)16-10-13(16)3/h12-14,16H,4-11H2,1-3H3,(H,21,22,25)/t13-,16-/m1/s1. The van der Waals surface area contributed by atoms with E-state index in [9.17, 15) is 9.59 Å². The van der Waals surface area contributed by atoms with Gasteiger partial charge in [-0.05, 0) is 45.4 Å². The second-order valence-electron chi connectivity index (χ2n) is 8.61. The maximum atomic E-state index is 12.5. The molecule has 0 spiro atoms. The van der Waals surface area contributed by atoms with Gasteiger partial charge >= 0.3 is 0 Å². The summed E-state index contributed by atoms with van der Waals surface area (Å²) in [6.07, 6.45) is 3.61. The number of likely N-dealkylation sites (tertiary alicyclic amines) is 1. The van der Waals surface area contributed by atoms with E-state index in [1.165, 1.54) is 0 Å². The summed E-state index contributed by atoms with van der Waals surface area (Å²) in [5.41, 5.74) is 1.86. The highest BCUT2D eigenvalue weighted by molar-refractivity contribution is 5.81. The van der Waals surface area contributed by atoms with Gasteiger partial charge in [0.25, 0.3) is 5.56 Å². The Hall–Kier alpha value is -1.69. The zero-order valence-electron chi connectivity index (χ0n) is 16.1. The molecule has 0 aromatic carbocycles. The van der Waals surface area contributed by atoms with Gasteiger partial charge in [-0.25, -0.2) is 4.98 Å². The molecule has 1 saturated carbocycles. The fourth-order valence-electron chi connectivity index (χ4n) is 4.39. The van der Waals surface area contributed by atoms with Crippen LogP contribution in [0, 0.1) is 11.8 Å². The molecule has 3 heterocycles. The molecule has 1 N–H and O–H groups in total. The van der Waals surface area contributed by atoms with E-state index >= 15 is 0 Å². The molecule has 1 aromatic rings. The second-order valence-corrected chi connectivity index (χ2v) is 8.61. The highest BCUT2D eigenvalue weighted by atomic mass is 16.2. The lowest BCUT2D eigenvalue weighted by Crippen LogP contribution is -2.41. The lowest BCUT2D eigenvalue weighted by Gasteiger charge is -2.33. The molecule has 1 aromatic heterocycles. The van der Waals surface area contributed by atoms with Gasteiger partial charge in [0.1, 0.15) is 5.82 Å². The minimum atomic E-state index is 0.0405. The van der Waals surface area contributed by atoms with Crippen molar-refractivity contribution in [3.8, 4) is 0 Å². The Balaban J connectivity index is 1.46. The van der Waals surface area contributed by atoms with E-state index in [4.69, 9.17) is 4.98 Å². The van der Waals surface area contributed by atoms with Crippen LogP contribution in [0.5, 0.6) is 0 Å². The summed E-state index contributed by atoms with van der Waals surface area (Å²) in [7, 11) is 0. The normalized spacial score (nSPS) is 26.8. The van der Waals surface area contributed by atoms with Crippen molar-refractivity contribution in [1.29, 1.82) is 0 Å². The molecule has 0 radical (unpaired) electrons. The Kier molecular flexibility index (Phi) is 4.63. The van der Waals surface area contributed by atoms with E-state index in [0.717, 1.165) is 68.9 Å².